The van der Waals surface area contributed by atoms with Crippen LogP contribution in [0.15, 0.2) is 18.2 Å². The monoisotopic (exact) mass is 245 g/mol. The van der Waals surface area contributed by atoms with Crippen molar-refractivity contribution in [2.24, 2.45) is 0 Å². The van der Waals surface area contributed by atoms with Crippen molar-refractivity contribution in [2.75, 3.05) is 5.32 Å². The third-order valence-electron chi connectivity index (χ3n) is 2.08. The van der Waals surface area contributed by atoms with Gasteiger partial charge in [-0.15, -0.1) is 0 Å². The van der Waals surface area contributed by atoms with Gasteiger partial charge in [0.1, 0.15) is 6.42 Å². The van der Waals surface area contributed by atoms with Gasteiger partial charge in [-0.25, -0.2) is 0 Å². The molecule has 1 rings (SSSR count). The van der Waals surface area contributed by atoms with Crippen LogP contribution in [0.1, 0.15) is 22.3 Å². The lowest BCUT2D eigenvalue weighted by Crippen LogP contribution is -2.21. The SMILES string of the molecule is Cc1cccc(NC(=O)CC(F)(F)F)c1C=O. The molecule has 3 nitrogen and oxygen atoms in total. The Kier molecular flexibility index (Phi) is 3.88. The number of aryl methyl sites for hydroxylation is 1. The highest BCUT2D eigenvalue weighted by Crippen LogP contribution is 2.22. The topological polar surface area (TPSA) is 46.2 Å². The fourth-order valence-corrected chi connectivity index (χ4v) is 1.32. The number of aldehydes is 1. The van der Waals surface area contributed by atoms with E-state index in [0.717, 1.165) is 0 Å². The molecular weight excluding hydrogens is 235 g/mol. The average Bonchev–Trinajstić information content (AvgIpc) is 2.14. The van der Waals surface area contributed by atoms with Gasteiger partial charge in [-0.3, -0.25) is 9.59 Å². The van der Waals surface area contributed by atoms with E-state index in [-0.39, 0.29) is 11.3 Å². The van der Waals surface area contributed by atoms with Crippen molar-refractivity contribution in [2.45, 2.75) is 19.5 Å². The third-order valence-corrected chi connectivity index (χ3v) is 2.08. The number of benzene rings is 1. The number of alkyl halides is 3. The predicted molar refractivity (Wildman–Crippen MR) is 55.9 cm³/mol. The van der Waals surface area contributed by atoms with Crippen LogP contribution in [0.25, 0.3) is 0 Å². The van der Waals surface area contributed by atoms with Crippen LogP contribution in [-0.4, -0.2) is 18.4 Å². The molecule has 1 aromatic rings. The largest absolute Gasteiger partial charge is 0.397 e. The number of hydrogen-bond donors (Lipinski definition) is 1. The van der Waals surface area contributed by atoms with Crippen LogP contribution < -0.4 is 5.32 Å². The molecule has 6 heteroatoms. The van der Waals surface area contributed by atoms with E-state index in [1.54, 1.807) is 19.1 Å². The summed E-state index contributed by atoms with van der Waals surface area (Å²) in [6.07, 6.45) is -5.63. The van der Waals surface area contributed by atoms with Gasteiger partial charge in [-0.2, -0.15) is 13.2 Å². The summed E-state index contributed by atoms with van der Waals surface area (Å²) in [6.45, 7) is 1.63. The Hall–Kier alpha value is -1.85. The summed E-state index contributed by atoms with van der Waals surface area (Å²) >= 11 is 0. The average molecular weight is 245 g/mol. The Morgan fingerprint density at radius 3 is 2.59 bits per heavy atom. The van der Waals surface area contributed by atoms with E-state index in [4.69, 9.17) is 0 Å². The maximum absolute atomic E-state index is 11.9. The Balaban J connectivity index is 2.85. The van der Waals surface area contributed by atoms with E-state index in [1.165, 1.54) is 6.07 Å². The summed E-state index contributed by atoms with van der Waals surface area (Å²) in [5, 5.41) is 2.07. The molecule has 0 saturated carbocycles. The minimum atomic E-state index is -4.56. The fourth-order valence-electron chi connectivity index (χ4n) is 1.32. The summed E-state index contributed by atoms with van der Waals surface area (Å²) in [4.78, 5) is 21.8. The van der Waals surface area contributed by atoms with Crippen LogP contribution in [0.5, 0.6) is 0 Å². The molecule has 17 heavy (non-hydrogen) atoms. The minimum absolute atomic E-state index is 0.0919. The molecular formula is C11H10F3NO2. The second kappa shape index (κ2) is 4.99. The van der Waals surface area contributed by atoms with Gasteiger partial charge < -0.3 is 5.32 Å². The van der Waals surface area contributed by atoms with E-state index in [0.29, 0.717) is 11.8 Å². The van der Waals surface area contributed by atoms with Gasteiger partial charge in [-0.05, 0) is 18.6 Å². The Labute approximate surface area is 95.6 Å². The summed E-state index contributed by atoms with van der Waals surface area (Å²) < 4.78 is 35.8. The van der Waals surface area contributed by atoms with Crippen LogP contribution in [0.2, 0.25) is 0 Å². The molecule has 1 aromatic carbocycles. The molecule has 0 atom stereocenters. The molecule has 0 unspecified atom stereocenters. The number of halogens is 3. The predicted octanol–water partition coefficient (Wildman–Crippen LogP) is 2.70. The number of hydrogen-bond acceptors (Lipinski definition) is 2. The number of anilines is 1. The smallest absolute Gasteiger partial charge is 0.325 e. The van der Waals surface area contributed by atoms with Crippen LogP contribution in [-0.2, 0) is 4.79 Å². The van der Waals surface area contributed by atoms with Crippen LogP contribution in [0, 0.1) is 6.92 Å². The zero-order chi connectivity index (χ0) is 13.1. The van der Waals surface area contributed by atoms with Crippen LogP contribution >= 0.6 is 0 Å². The van der Waals surface area contributed by atoms with Gasteiger partial charge in [0.25, 0.3) is 0 Å². The van der Waals surface area contributed by atoms with E-state index in [2.05, 4.69) is 5.32 Å². The number of nitrogens with one attached hydrogen (secondary N) is 1. The first-order chi connectivity index (χ1) is 7.83. The highest BCUT2D eigenvalue weighted by Gasteiger charge is 2.31. The van der Waals surface area contributed by atoms with Crippen molar-refractivity contribution in [1.29, 1.82) is 0 Å². The maximum atomic E-state index is 11.9. The molecule has 0 heterocycles. The first kappa shape index (κ1) is 13.2. The fraction of sp³-hybridized carbons (Fsp3) is 0.273. The molecule has 0 saturated heterocycles. The normalized spacial score (nSPS) is 11.1. The second-order valence-electron chi connectivity index (χ2n) is 3.49. The summed E-state index contributed by atoms with van der Waals surface area (Å²) in [6, 6.07) is 4.56. The lowest BCUT2D eigenvalue weighted by atomic mass is 10.1. The van der Waals surface area contributed by atoms with E-state index < -0.39 is 18.5 Å². The highest BCUT2D eigenvalue weighted by atomic mass is 19.4. The van der Waals surface area contributed by atoms with Crippen molar-refractivity contribution >= 4 is 17.9 Å². The van der Waals surface area contributed by atoms with E-state index in [1.807, 2.05) is 0 Å². The molecule has 0 fully saturated rings. The quantitative estimate of drug-likeness (QED) is 0.832. The van der Waals surface area contributed by atoms with Crippen molar-refractivity contribution in [3.63, 3.8) is 0 Å². The summed E-state index contributed by atoms with van der Waals surface area (Å²) in [5.41, 5.74) is 0.863. The van der Waals surface area contributed by atoms with Crippen LogP contribution in [0.4, 0.5) is 18.9 Å². The number of carbonyl (C=O) groups is 2. The van der Waals surface area contributed by atoms with Gasteiger partial charge >= 0.3 is 6.18 Å². The second-order valence-corrected chi connectivity index (χ2v) is 3.49. The van der Waals surface area contributed by atoms with Gasteiger partial charge in [0, 0.05) is 5.56 Å². The van der Waals surface area contributed by atoms with Crippen molar-refractivity contribution in [3.05, 3.63) is 29.3 Å². The molecule has 1 amide bonds. The molecule has 0 aliphatic heterocycles. The first-order valence-corrected chi connectivity index (χ1v) is 4.75. The Morgan fingerprint density at radius 1 is 1.41 bits per heavy atom. The molecule has 0 aromatic heterocycles. The van der Waals surface area contributed by atoms with Gasteiger partial charge in [0.05, 0.1) is 5.69 Å². The molecule has 92 valence electrons. The molecule has 0 aliphatic rings. The first-order valence-electron chi connectivity index (χ1n) is 4.75. The lowest BCUT2D eigenvalue weighted by Gasteiger charge is -2.10. The van der Waals surface area contributed by atoms with Gasteiger partial charge in [0.15, 0.2) is 6.29 Å². The lowest BCUT2D eigenvalue weighted by molar-refractivity contribution is -0.150. The van der Waals surface area contributed by atoms with Crippen molar-refractivity contribution in [3.8, 4) is 0 Å². The maximum Gasteiger partial charge on any atom is 0.397 e. The summed E-state index contributed by atoms with van der Waals surface area (Å²) in [5.74, 6) is -1.19. The Morgan fingerprint density at radius 2 is 2.06 bits per heavy atom. The number of rotatable bonds is 3. The van der Waals surface area contributed by atoms with Crippen LogP contribution in [0.3, 0.4) is 0 Å². The molecule has 1 N–H and O–H groups in total. The zero-order valence-corrected chi connectivity index (χ0v) is 8.97. The Bertz CT molecular complexity index is 441. The molecule has 0 spiro atoms. The molecule has 0 aliphatic carbocycles. The van der Waals surface area contributed by atoms with Crippen molar-refractivity contribution in [1.82, 2.24) is 0 Å². The highest BCUT2D eigenvalue weighted by molar-refractivity contribution is 5.97. The molecule has 0 bridgehead atoms. The zero-order valence-electron chi connectivity index (χ0n) is 8.97. The third kappa shape index (κ3) is 3.90. The summed E-state index contributed by atoms with van der Waals surface area (Å²) in [7, 11) is 0. The van der Waals surface area contributed by atoms with Gasteiger partial charge in [0.2, 0.25) is 5.91 Å². The van der Waals surface area contributed by atoms with Crippen molar-refractivity contribution < 1.29 is 22.8 Å². The molecule has 0 radical (unpaired) electrons. The van der Waals surface area contributed by atoms with Gasteiger partial charge in [-0.1, -0.05) is 12.1 Å². The van der Waals surface area contributed by atoms with E-state index in [9.17, 15) is 22.8 Å². The number of carbonyl (C=O) groups excluding carboxylic acids is 2. The number of amides is 1. The van der Waals surface area contributed by atoms with E-state index >= 15 is 0 Å². The minimum Gasteiger partial charge on any atom is -0.325 e. The standard InChI is InChI=1S/C11H10F3NO2/c1-7-3-2-4-9(8(7)6-16)15-10(17)5-11(12,13)14/h2-4,6H,5H2,1H3,(H,15,17).